The van der Waals surface area contributed by atoms with E-state index in [1.807, 2.05) is 20.8 Å². The van der Waals surface area contributed by atoms with E-state index < -0.39 is 11.4 Å². The molecule has 0 saturated carbocycles. The van der Waals surface area contributed by atoms with Crippen LogP contribution in [-0.4, -0.2) is 17.8 Å². The Morgan fingerprint density at radius 3 is 2.53 bits per heavy atom. The van der Waals surface area contributed by atoms with Gasteiger partial charge in [-0.25, -0.2) is 4.79 Å². The Balaban J connectivity index is 2.62. The number of fused-ring (bicyclic) bond motifs is 1. The third-order valence-corrected chi connectivity index (χ3v) is 2.44. The Hall–Kier alpha value is -2.17. The van der Waals surface area contributed by atoms with E-state index in [9.17, 15) is 9.90 Å². The normalized spacial score (nSPS) is 11.6. The third-order valence-electron chi connectivity index (χ3n) is 2.44. The molecule has 2 rings (SSSR count). The maximum Gasteiger partial charge on any atom is 0.382 e. The second kappa shape index (κ2) is 4.50. The van der Waals surface area contributed by atoms with Gasteiger partial charge in [0.1, 0.15) is 16.9 Å². The van der Waals surface area contributed by atoms with Crippen LogP contribution in [0.3, 0.4) is 0 Å². The zero-order valence-corrected chi connectivity index (χ0v) is 11.3. The number of hydrogen-bond donors (Lipinski definition) is 1. The Morgan fingerprint density at radius 2 is 1.95 bits per heavy atom. The van der Waals surface area contributed by atoms with Crippen LogP contribution >= 0.6 is 0 Å². The smallest absolute Gasteiger partial charge is 0.382 e. The van der Waals surface area contributed by atoms with Crippen molar-refractivity contribution in [3.05, 3.63) is 28.6 Å². The molecule has 5 nitrogen and oxygen atoms in total. The van der Waals surface area contributed by atoms with Crippen LogP contribution in [0.4, 0.5) is 0 Å². The highest BCUT2D eigenvalue weighted by molar-refractivity contribution is 5.86. The number of benzene rings is 1. The van der Waals surface area contributed by atoms with Crippen LogP contribution in [0.5, 0.6) is 17.2 Å². The molecule has 0 unspecified atom stereocenters. The van der Waals surface area contributed by atoms with E-state index in [2.05, 4.69) is 0 Å². The molecular weight excluding hydrogens is 248 g/mol. The van der Waals surface area contributed by atoms with E-state index in [1.165, 1.54) is 7.11 Å². The summed E-state index contributed by atoms with van der Waals surface area (Å²) >= 11 is 0. The van der Waals surface area contributed by atoms with Crippen LogP contribution in [0.15, 0.2) is 27.4 Å². The zero-order chi connectivity index (χ0) is 14.2. The predicted molar refractivity (Wildman–Crippen MR) is 71.1 cm³/mol. The summed E-state index contributed by atoms with van der Waals surface area (Å²) in [6, 6.07) is 5.01. The van der Waals surface area contributed by atoms with E-state index in [0.717, 1.165) is 0 Å². The number of hydrogen-bond acceptors (Lipinski definition) is 5. The summed E-state index contributed by atoms with van der Waals surface area (Å²) in [5, 5.41) is 10.1. The van der Waals surface area contributed by atoms with Crippen LogP contribution in [0.2, 0.25) is 0 Å². The molecule has 0 saturated heterocycles. The van der Waals surface area contributed by atoms with E-state index in [1.54, 1.807) is 18.2 Å². The van der Waals surface area contributed by atoms with Gasteiger partial charge in [0.2, 0.25) is 5.75 Å². The average Bonchev–Trinajstić information content (AvgIpc) is 2.29. The first-order valence-electron chi connectivity index (χ1n) is 5.84. The van der Waals surface area contributed by atoms with Crippen molar-refractivity contribution in [2.45, 2.75) is 26.4 Å². The van der Waals surface area contributed by atoms with Crippen molar-refractivity contribution < 1.29 is 19.0 Å². The summed E-state index contributed by atoms with van der Waals surface area (Å²) in [7, 11) is 1.38. The lowest BCUT2D eigenvalue weighted by atomic mass is 10.1. The maximum atomic E-state index is 11.5. The Kier molecular flexibility index (Phi) is 3.14. The Morgan fingerprint density at radius 1 is 1.26 bits per heavy atom. The first-order valence-corrected chi connectivity index (χ1v) is 5.84. The number of aromatic hydroxyl groups is 1. The van der Waals surface area contributed by atoms with E-state index in [4.69, 9.17) is 13.9 Å². The fraction of sp³-hybridized carbons (Fsp3) is 0.357. The number of rotatable bonds is 2. The molecule has 0 aliphatic heterocycles. The minimum atomic E-state index is -0.836. The molecule has 0 bridgehead atoms. The molecule has 1 heterocycles. The average molecular weight is 264 g/mol. The minimum absolute atomic E-state index is 0.105. The second-order valence-electron chi connectivity index (χ2n) is 5.14. The van der Waals surface area contributed by atoms with Crippen LogP contribution in [-0.2, 0) is 0 Å². The van der Waals surface area contributed by atoms with Crippen molar-refractivity contribution in [2.24, 2.45) is 0 Å². The highest BCUT2D eigenvalue weighted by Crippen LogP contribution is 2.33. The lowest BCUT2D eigenvalue weighted by molar-refractivity contribution is 0.131. The molecule has 0 spiro atoms. The molecule has 5 heteroatoms. The summed E-state index contributed by atoms with van der Waals surface area (Å²) < 4.78 is 15.7. The van der Waals surface area contributed by atoms with Gasteiger partial charge in [-0.05, 0) is 32.9 Å². The van der Waals surface area contributed by atoms with Gasteiger partial charge in [-0.15, -0.1) is 0 Å². The fourth-order valence-electron chi connectivity index (χ4n) is 1.77. The molecule has 0 aliphatic rings. The molecule has 102 valence electrons. The number of ether oxygens (including phenoxy) is 2. The molecule has 1 aromatic heterocycles. The monoisotopic (exact) mass is 264 g/mol. The molecule has 0 fully saturated rings. The van der Waals surface area contributed by atoms with Gasteiger partial charge in [0, 0.05) is 6.07 Å². The van der Waals surface area contributed by atoms with Crippen LogP contribution < -0.4 is 15.1 Å². The van der Waals surface area contributed by atoms with Gasteiger partial charge < -0.3 is 19.0 Å². The first-order chi connectivity index (χ1) is 8.81. The summed E-state index contributed by atoms with van der Waals surface area (Å²) in [4.78, 5) is 11.5. The van der Waals surface area contributed by atoms with Crippen LogP contribution in [0.1, 0.15) is 20.8 Å². The van der Waals surface area contributed by atoms with E-state index in [-0.39, 0.29) is 11.4 Å². The molecule has 0 amide bonds. The third kappa shape index (κ3) is 2.65. The lowest BCUT2D eigenvalue weighted by Crippen LogP contribution is -2.22. The largest absolute Gasteiger partial charge is 0.499 e. The van der Waals surface area contributed by atoms with Crippen molar-refractivity contribution in [3.63, 3.8) is 0 Å². The van der Waals surface area contributed by atoms with Crippen molar-refractivity contribution in [3.8, 4) is 17.2 Å². The fourth-order valence-corrected chi connectivity index (χ4v) is 1.77. The predicted octanol–water partition coefficient (Wildman–Crippen LogP) is 2.68. The summed E-state index contributed by atoms with van der Waals surface area (Å²) in [6.45, 7) is 5.76. The van der Waals surface area contributed by atoms with Gasteiger partial charge in [-0.1, -0.05) is 0 Å². The van der Waals surface area contributed by atoms with Crippen molar-refractivity contribution >= 4 is 11.0 Å². The summed E-state index contributed by atoms with van der Waals surface area (Å²) in [5.41, 5.74) is -0.881. The minimum Gasteiger partial charge on any atom is -0.499 e. The molecule has 0 aliphatic carbocycles. The van der Waals surface area contributed by atoms with Crippen molar-refractivity contribution in [1.29, 1.82) is 0 Å². The Bertz CT molecular complexity index is 664. The summed E-state index contributed by atoms with van der Waals surface area (Å²) in [6.07, 6.45) is 0. The molecule has 2 aromatic rings. The van der Waals surface area contributed by atoms with Gasteiger partial charge in [0.05, 0.1) is 12.5 Å². The quantitative estimate of drug-likeness (QED) is 0.844. The SMILES string of the molecule is COc1c(O)c(=O)oc2cc(OC(C)(C)C)ccc12. The number of methoxy groups -OCH3 is 1. The first kappa shape index (κ1) is 13.3. The van der Waals surface area contributed by atoms with Gasteiger partial charge in [0.15, 0.2) is 5.75 Å². The standard InChI is InChI=1S/C14H16O5/c1-14(2,3)19-8-5-6-9-10(7-8)18-13(16)11(15)12(9)17-4/h5-7,15H,1-4H3. The summed E-state index contributed by atoms with van der Waals surface area (Å²) in [5.74, 6) is 0.156. The van der Waals surface area contributed by atoms with Crippen LogP contribution in [0.25, 0.3) is 11.0 Å². The second-order valence-corrected chi connectivity index (χ2v) is 5.14. The van der Waals surface area contributed by atoms with Gasteiger partial charge in [-0.2, -0.15) is 0 Å². The van der Waals surface area contributed by atoms with Gasteiger partial charge in [0.25, 0.3) is 0 Å². The van der Waals surface area contributed by atoms with Crippen molar-refractivity contribution in [2.75, 3.05) is 7.11 Å². The highest BCUT2D eigenvalue weighted by atomic mass is 16.5. The maximum absolute atomic E-state index is 11.5. The molecule has 1 aromatic carbocycles. The molecule has 1 N–H and O–H groups in total. The topological polar surface area (TPSA) is 68.9 Å². The molecule has 19 heavy (non-hydrogen) atoms. The molecule has 0 radical (unpaired) electrons. The van der Waals surface area contributed by atoms with Crippen LogP contribution in [0, 0.1) is 0 Å². The van der Waals surface area contributed by atoms with Crippen molar-refractivity contribution in [1.82, 2.24) is 0 Å². The van der Waals surface area contributed by atoms with Gasteiger partial charge >= 0.3 is 5.63 Å². The highest BCUT2D eigenvalue weighted by Gasteiger charge is 2.17. The molecule has 0 atom stereocenters. The molecular formula is C14H16O5. The van der Waals surface area contributed by atoms with Gasteiger partial charge in [-0.3, -0.25) is 0 Å². The van der Waals surface area contributed by atoms with E-state index >= 15 is 0 Å². The van der Waals surface area contributed by atoms with E-state index in [0.29, 0.717) is 16.7 Å². The Labute approximate surface area is 110 Å². The zero-order valence-electron chi connectivity index (χ0n) is 11.3. The lowest BCUT2D eigenvalue weighted by Gasteiger charge is -2.21.